The number of hydrogen-bond donors (Lipinski definition) is 1. The molecule has 0 bridgehead atoms. The average Bonchev–Trinajstić information content (AvgIpc) is 2.82. The molecule has 0 aliphatic carbocycles. The highest BCUT2D eigenvalue weighted by Crippen LogP contribution is 2.38. The second kappa shape index (κ2) is 5.49. The van der Waals surface area contributed by atoms with Crippen molar-refractivity contribution in [1.29, 1.82) is 0 Å². The number of amides is 1. The fourth-order valence-corrected chi connectivity index (χ4v) is 3.00. The molecule has 20 heavy (non-hydrogen) atoms. The summed E-state index contributed by atoms with van der Waals surface area (Å²) in [4.78, 5) is 12.2. The third kappa shape index (κ3) is 2.46. The van der Waals surface area contributed by atoms with E-state index in [1.165, 1.54) is 5.56 Å². The van der Waals surface area contributed by atoms with Crippen LogP contribution in [0.2, 0.25) is 0 Å². The summed E-state index contributed by atoms with van der Waals surface area (Å²) < 4.78 is 0. The highest BCUT2D eigenvalue weighted by atomic mass is 16.2. The average molecular weight is 265 g/mol. The Balaban J connectivity index is 1.71. The van der Waals surface area contributed by atoms with E-state index in [1.54, 1.807) is 0 Å². The van der Waals surface area contributed by atoms with E-state index in [9.17, 15) is 4.79 Å². The summed E-state index contributed by atoms with van der Waals surface area (Å²) >= 11 is 0. The number of fused-ring (bicyclic) bond motifs is 1. The van der Waals surface area contributed by atoms with Crippen molar-refractivity contribution in [2.75, 3.05) is 5.32 Å². The quantitative estimate of drug-likeness (QED) is 0.889. The molecular formula is C18H19NO. The van der Waals surface area contributed by atoms with Gasteiger partial charge in [-0.05, 0) is 36.0 Å². The number of aryl methyl sites for hydroxylation is 1. The first-order chi connectivity index (χ1) is 9.75. The summed E-state index contributed by atoms with van der Waals surface area (Å²) in [6.45, 7) is 2.18. The predicted molar refractivity (Wildman–Crippen MR) is 81.7 cm³/mol. The molecule has 0 spiro atoms. The van der Waals surface area contributed by atoms with Gasteiger partial charge in [-0.25, -0.2) is 0 Å². The second-order valence-electron chi connectivity index (χ2n) is 5.56. The molecule has 2 heteroatoms. The summed E-state index contributed by atoms with van der Waals surface area (Å²) in [5.41, 5.74) is 3.47. The van der Waals surface area contributed by atoms with Crippen molar-refractivity contribution in [2.24, 2.45) is 5.92 Å². The van der Waals surface area contributed by atoms with Gasteiger partial charge in [0.25, 0.3) is 0 Å². The minimum absolute atomic E-state index is 0.00471. The molecule has 0 saturated heterocycles. The highest BCUT2D eigenvalue weighted by molar-refractivity contribution is 6.03. The molecule has 1 N–H and O–H groups in total. The summed E-state index contributed by atoms with van der Waals surface area (Å²) in [7, 11) is 0. The third-order valence-electron chi connectivity index (χ3n) is 4.14. The van der Waals surface area contributed by atoms with Gasteiger partial charge in [0.1, 0.15) is 0 Å². The summed E-state index contributed by atoms with van der Waals surface area (Å²) in [5, 5.41) is 2.99. The number of carbonyl (C=O) groups excluding carboxylic acids is 1. The molecule has 1 heterocycles. The smallest absolute Gasteiger partial charge is 0.232 e. The van der Waals surface area contributed by atoms with Crippen LogP contribution in [0.4, 0.5) is 5.69 Å². The van der Waals surface area contributed by atoms with Crippen molar-refractivity contribution in [3.8, 4) is 0 Å². The first-order valence-corrected chi connectivity index (χ1v) is 7.19. The molecule has 0 aromatic heterocycles. The Hall–Kier alpha value is -2.09. The maximum atomic E-state index is 12.2. The number of benzene rings is 2. The fraction of sp³-hybridized carbons (Fsp3) is 0.278. The van der Waals surface area contributed by atoms with E-state index < -0.39 is 0 Å². The molecule has 0 unspecified atom stereocenters. The molecule has 2 nitrogen and oxygen atoms in total. The number of carbonyl (C=O) groups is 1. The minimum Gasteiger partial charge on any atom is -0.325 e. The van der Waals surface area contributed by atoms with Crippen LogP contribution >= 0.6 is 0 Å². The Morgan fingerprint density at radius 3 is 2.55 bits per heavy atom. The minimum atomic E-state index is -0.00471. The van der Waals surface area contributed by atoms with Gasteiger partial charge in [-0.1, -0.05) is 55.5 Å². The van der Waals surface area contributed by atoms with Gasteiger partial charge in [0.2, 0.25) is 5.91 Å². The van der Waals surface area contributed by atoms with Gasteiger partial charge in [0.05, 0.1) is 5.92 Å². The number of anilines is 1. The predicted octanol–water partition coefficient (Wildman–Crippen LogP) is 3.99. The van der Waals surface area contributed by atoms with Crippen LogP contribution in [0.15, 0.2) is 54.6 Å². The molecular weight excluding hydrogens is 246 g/mol. The van der Waals surface area contributed by atoms with Crippen LogP contribution in [0.3, 0.4) is 0 Å². The van der Waals surface area contributed by atoms with Crippen LogP contribution in [-0.2, 0) is 11.2 Å². The zero-order valence-electron chi connectivity index (χ0n) is 11.7. The van der Waals surface area contributed by atoms with Gasteiger partial charge in [-0.15, -0.1) is 0 Å². The Bertz CT molecular complexity index is 606. The zero-order chi connectivity index (χ0) is 13.9. The number of hydrogen-bond acceptors (Lipinski definition) is 1. The van der Waals surface area contributed by atoms with Crippen LogP contribution in [-0.4, -0.2) is 5.91 Å². The maximum absolute atomic E-state index is 12.2. The second-order valence-corrected chi connectivity index (χ2v) is 5.56. The molecule has 102 valence electrons. The lowest BCUT2D eigenvalue weighted by molar-refractivity contribution is -0.118. The van der Waals surface area contributed by atoms with E-state index in [0.29, 0.717) is 5.92 Å². The van der Waals surface area contributed by atoms with Gasteiger partial charge < -0.3 is 5.32 Å². The molecule has 1 aliphatic heterocycles. The lowest BCUT2D eigenvalue weighted by atomic mass is 9.84. The number of rotatable bonds is 4. The van der Waals surface area contributed by atoms with Crippen molar-refractivity contribution in [3.63, 3.8) is 0 Å². The van der Waals surface area contributed by atoms with Crippen molar-refractivity contribution in [3.05, 3.63) is 65.7 Å². The molecule has 0 fully saturated rings. The van der Waals surface area contributed by atoms with Gasteiger partial charge in [-0.3, -0.25) is 4.79 Å². The van der Waals surface area contributed by atoms with Crippen molar-refractivity contribution in [1.82, 2.24) is 0 Å². The van der Waals surface area contributed by atoms with E-state index in [0.717, 1.165) is 24.1 Å². The SMILES string of the molecule is C[C@@H](CCc1ccccc1)[C@@H]1C(=O)Nc2ccccc21. The van der Waals surface area contributed by atoms with Gasteiger partial charge in [-0.2, -0.15) is 0 Å². The molecule has 0 radical (unpaired) electrons. The van der Waals surface area contributed by atoms with Crippen LogP contribution in [0.5, 0.6) is 0 Å². The monoisotopic (exact) mass is 265 g/mol. The van der Waals surface area contributed by atoms with E-state index in [1.807, 2.05) is 24.3 Å². The molecule has 2 atom stereocenters. The van der Waals surface area contributed by atoms with Crippen molar-refractivity contribution in [2.45, 2.75) is 25.7 Å². The summed E-state index contributed by atoms with van der Waals surface area (Å²) in [6.07, 6.45) is 2.05. The normalized spacial score (nSPS) is 18.4. The number of para-hydroxylation sites is 1. The van der Waals surface area contributed by atoms with Crippen LogP contribution < -0.4 is 5.32 Å². The van der Waals surface area contributed by atoms with Crippen LogP contribution in [0.25, 0.3) is 0 Å². The Labute approximate surface area is 119 Å². The molecule has 1 amide bonds. The van der Waals surface area contributed by atoms with Gasteiger partial charge in [0.15, 0.2) is 0 Å². The molecule has 2 aromatic rings. The maximum Gasteiger partial charge on any atom is 0.232 e. The molecule has 1 aliphatic rings. The Morgan fingerprint density at radius 1 is 1.05 bits per heavy atom. The third-order valence-corrected chi connectivity index (χ3v) is 4.14. The van der Waals surface area contributed by atoms with Crippen molar-refractivity contribution < 1.29 is 4.79 Å². The summed E-state index contributed by atoms with van der Waals surface area (Å²) in [6, 6.07) is 18.5. The summed E-state index contributed by atoms with van der Waals surface area (Å²) in [5.74, 6) is 0.487. The van der Waals surface area contributed by atoms with Gasteiger partial charge in [0, 0.05) is 5.69 Å². The highest BCUT2D eigenvalue weighted by Gasteiger charge is 2.33. The van der Waals surface area contributed by atoms with Gasteiger partial charge >= 0.3 is 0 Å². The largest absolute Gasteiger partial charge is 0.325 e. The van der Waals surface area contributed by atoms with E-state index in [-0.39, 0.29) is 11.8 Å². The Morgan fingerprint density at radius 2 is 1.75 bits per heavy atom. The lowest BCUT2D eigenvalue weighted by Gasteiger charge is -2.18. The molecule has 2 aromatic carbocycles. The van der Waals surface area contributed by atoms with Crippen LogP contribution in [0.1, 0.15) is 30.4 Å². The molecule has 0 saturated carbocycles. The topological polar surface area (TPSA) is 29.1 Å². The first kappa shape index (κ1) is 12.9. The fourth-order valence-electron chi connectivity index (χ4n) is 3.00. The standard InChI is InChI=1S/C18H19NO/c1-13(11-12-14-7-3-2-4-8-14)17-15-9-5-6-10-16(15)19-18(17)20/h2-10,13,17H,11-12H2,1H3,(H,19,20)/t13-,17-/m0/s1. The zero-order valence-corrected chi connectivity index (χ0v) is 11.7. The van der Waals surface area contributed by atoms with Crippen LogP contribution in [0, 0.1) is 5.92 Å². The van der Waals surface area contributed by atoms with E-state index in [4.69, 9.17) is 0 Å². The van der Waals surface area contributed by atoms with E-state index in [2.05, 4.69) is 42.6 Å². The number of nitrogens with one attached hydrogen (secondary N) is 1. The molecule has 3 rings (SSSR count). The van der Waals surface area contributed by atoms with Crippen molar-refractivity contribution >= 4 is 11.6 Å². The first-order valence-electron chi connectivity index (χ1n) is 7.19. The Kier molecular flexibility index (Phi) is 3.55. The van der Waals surface area contributed by atoms with E-state index >= 15 is 0 Å². The lowest BCUT2D eigenvalue weighted by Crippen LogP contribution is -2.19.